The zero-order chi connectivity index (χ0) is 14.4. The monoisotopic (exact) mass is 320 g/mol. The molecule has 0 spiro atoms. The Morgan fingerprint density at radius 1 is 0.900 bits per heavy atom. The summed E-state index contributed by atoms with van der Waals surface area (Å²) < 4.78 is 0. The molecule has 0 saturated carbocycles. The lowest BCUT2D eigenvalue weighted by Gasteiger charge is -2.29. The number of hydrogen-bond acceptors (Lipinski definition) is 0. The van der Waals surface area contributed by atoms with Crippen molar-refractivity contribution in [2.24, 2.45) is 0 Å². The minimum atomic E-state index is -2.07. The van der Waals surface area contributed by atoms with Gasteiger partial charge in [-0.05, 0) is 41.3 Å². The SMILES string of the molecule is CC1(CC[Si](C)(Cl)Cl)c2ccccc2-c2ccccc21. The first kappa shape index (κ1) is 14.2. The fraction of sp³-hybridized carbons (Fsp3) is 0.294. The van der Waals surface area contributed by atoms with Crippen LogP contribution >= 0.6 is 22.2 Å². The maximum Gasteiger partial charge on any atom is 0.248 e. The lowest BCUT2D eigenvalue weighted by molar-refractivity contribution is 0.562. The summed E-state index contributed by atoms with van der Waals surface area (Å²) in [7, 11) is 0. The van der Waals surface area contributed by atoms with Gasteiger partial charge in [-0.2, -0.15) is 0 Å². The molecule has 2 aromatic rings. The van der Waals surface area contributed by atoms with Gasteiger partial charge in [-0.1, -0.05) is 55.5 Å². The highest BCUT2D eigenvalue weighted by atomic mass is 35.7. The van der Waals surface area contributed by atoms with Crippen molar-refractivity contribution < 1.29 is 0 Å². The van der Waals surface area contributed by atoms with Crippen molar-refractivity contribution in [3.8, 4) is 11.1 Å². The molecule has 0 amide bonds. The minimum absolute atomic E-state index is 0.0330. The molecule has 0 N–H and O–H groups in total. The molecule has 3 rings (SSSR count). The minimum Gasteiger partial charge on any atom is -0.146 e. The van der Waals surface area contributed by atoms with Crippen LogP contribution in [-0.4, -0.2) is 6.69 Å². The quantitative estimate of drug-likeness (QED) is 0.487. The maximum atomic E-state index is 6.33. The average Bonchev–Trinajstić information content (AvgIpc) is 2.68. The van der Waals surface area contributed by atoms with Crippen LogP contribution in [-0.2, 0) is 5.41 Å². The molecule has 0 unspecified atom stereocenters. The van der Waals surface area contributed by atoms with E-state index in [0.29, 0.717) is 0 Å². The third-order valence-corrected chi connectivity index (χ3v) is 6.66. The van der Waals surface area contributed by atoms with E-state index in [1.165, 1.54) is 22.3 Å². The predicted molar refractivity (Wildman–Crippen MR) is 91.1 cm³/mol. The second-order valence-electron chi connectivity index (χ2n) is 5.99. The van der Waals surface area contributed by atoms with E-state index in [-0.39, 0.29) is 5.41 Å². The molecule has 0 fully saturated rings. The Bertz CT molecular complexity index is 598. The summed E-state index contributed by atoms with van der Waals surface area (Å²) in [4.78, 5) is 0. The molecule has 0 bridgehead atoms. The molecule has 0 aromatic heterocycles. The van der Waals surface area contributed by atoms with E-state index >= 15 is 0 Å². The molecule has 0 aliphatic heterocycles. The lowest BCUT2D eigenvalue weighted by Crippen LogP contribution is -2.25. The van der Waals surface area contributed by atoms with E-state index in [1.807, 2.05) is 6.55 Å². The van der Waals surface area contributed by atoms with Gasteiger partial charge in [0.2, 0.25) is 6.69 Å². The van der Waals surface area contributed by atoms with Crippen LogP contribution < -0.4 is 0 Å². The van der Waals surface area contributed by atoms with Crippen LogP contribution in [0.2, 0.25) is 12.6 Å². The molecule has 1 aliphatic rings. The Morgan fingerprint density at radius 3 is 1.80 bits per heavy atom. The van der Waals surface area contributed by atoms with Gasteiger partial charge in [0.1, 0.15) is 0 Å². The fourth-order valence-corrected chi connectivity index (χ4v) is 4.79. The van der Waals surface area contributed by atoms with Crippen LogP contribution in [0.5, 0.6) is 0 Å². The van der Waals surface area contributed by atoms with Crippen LogP contribution in [0, 0.1) is 0 Å². The van der Waals surface area contributed by atoms with Gasteiger partial charge < -0.3 is 0 Å². The Hall–Kier alpha value is -0.763. The first-order chi connectivity index (χ1) is 9.42. The van der Waals surface area contributed by atoms with Crippen LogP contribution in [0.3, 0.4) is 0 Å². The molecule has 1 aliphatic carbocycles. The van der Waals surface area contributed by atoms with Gasteiger partial charge in [-0.15, -0.1) is 22.2 Å². The number of hydrogen-bond donors (Lipinski definition) is 0. The van der Waals surface area contributed by atoms with Crippen molar-refractivity contribution in [3.05, 3.63) is 59.7 Å². The summed E-state index contributed by atoms with van der Waals surface area (Å²) in [6.07, 6.45) is 1.01. The molecule has 0 atom stereocenters. The molecule has 20 heavy (non-hydrogen) atoms. The van der Waals surface area contributed by atoms with E-state index < -0.39 is 6.69 Å². The number of rotatable bonds is 3. The van der Waals surface area contributed by atoms with E-state index in [1.54, 1.807) is 0 Å². The third-order valence-electron chi connectivity index (χ3n) is 4.40. The van der Waals surface area contributed by atoms with Crippen molar-refractivity contribution in [1.29, 1.82) is 0 Å². The number of benzene rings is 2. The van der Waals surface area contributed by atoms with Crippen molar-refractivity contribution in [1.82, 2.24) is 0 Å². The highest BCUT2D eigenvalue weighted by molar-refractivity contribution is 7.44. The topological polar surface area (TPSA) is 0 Å². The normalized spacial score (nSPS) is 15.8. The van der Waals surface area contributed by atoms with Gasteiger partial charge in [-0.25, -0.2) is 0 Å². The predicted octanol–water partition coefficient (Wildman–Crippen LogP) is 5.91. The third kappa shape index (κ3) is 2.32. The van der Waals surface area contributed by atoms with Crippen molar-refractivity contribution in [2.45, 2.75) is 31.4 Å². The molecule has 3 heteroatoms. The van der Waals surface area contributed by atoms with Gasteiger partial charge in [0, 0.05) is 5.41 Å². The smallest absolute Gasteiger partial charge is 0.146 e. The first-order valence-electron chi connectivity index (χ1n) is 6.99. The Balaban J connectivity index is 2.11. The fourth-order valence-electron chi connectivity index (χ4n) is 3.28. The average molecular weight is 321 g/mol. The molecule has 0 radical (unpaired) electrons. The van der Waals surface area contributed by atoms with E-state index in [0.717, 1.165) is 12.5 Å². The summed E-state index contributed by atoms with van der Waals surface area (Å²) in [6, 6.07) is 18.3. The van der Waals surface area contributed by atoms with E-state index in [9.17, 15) is 0 Å². The van der Waals surface area contributed by atoms with Gasteiger partial charge in [0.25, 0.3) is 0 Å². The Morgan fingerprint density at radius 2 is 1.35 bits per heavy atom. The second kappa shape index (κ2) is 4.90. The van der Waals surface area contributed by atoms with Gasteiger partial charge >= 0.3 is 0 Å². The summed E-state index contributed by atoms with van der Waals surface area (Å²) in [5.74, 6) is 0. The Kier molecular flexibility index (Phi) is 3.48. The summed E-state index contributed by atoms with van der Waals surface area (Å²) in [5, 5.41) is 0. The number of halogens is 2. The van der Waals surface area contributed by atoms with E-state index in [2.05, 4.69) is 55.5 Å². The van der Waals surface area contributed by atoms with Crippen molar-refractivity contribution in [2.75, 3.05) is 0 Å². The number of fused-ring (bicyclic) bond motifs is 3. The molecular formula is C17H18Cl2Si. The highest BCUT2D eigenvalue weighted by Crippen LogP contribution is 2.51. The molecule has 2 aromatic carbocycles. The van der Waals surface area contributed by atoms with Gasteiger partial charge in [-0.3, -0.25) is 0 Å². The summed E-state index contributed by atoms with van der Waals surface area (Å²) in [5.41, 5.74) is 5.57. The van der Waals surface area contributed by atoms with Crippen molar-refractivity contribution in [3.63, 3.8) is 0 Å². The zero-order valence-electron chi connectivity index (χ0n) is 11.8. The zero-order valence-corrected chi connectivity index (χ0v) is 14.3. The first-order valence-corrected chi connectivity index (χ1v) is 11.7. The second-order valence-corrected chi connectivity index (χ2v) is 14.2. The maximum absolute atomic E-state index is 6.33. The van der Waals surface area contributed by atoms with Gasteiger partial charge in [0.15, 0.2) is 0 Å². The van der Waals surface area contributed by atoms with Crippen LogP contribution in [0.15, 0.2) is 48.5 Å². The van der Waals surface area contributed by atoms with Gasteiger partial charge in [0.05, 0.1) is 0 Å². The Labute approximate surface area is 131 Å². The lowest BCUT2D eigenvalue weighted by atomic mass is 9.78. The standard InChI is InChI=1S/C17H18Cl2Si/c1-17(11-12-20(2,18)19)15-9-5-3-7-13(15)14-8-4-6-10-16(14)17/h3-10H,11-12H2,1-2H3. The van der Waals surface area contributed by atoms with Crippen LogP contribution in [0.25, 0.3) is 11.1 Å². The highest BCUT2D eigenvalue weighted by Gasteiger charge is 2.40. The molecular weight excluding hydrogens is 303 g/mol. The summed E-state index contributed by atoms with van der Waals surface area (Å²) >= 11 is 12.7. The molecule has 0 saturated heterocycles. The van der Waals surface area contributed by atoms with Crippen molar-refractivity contribution >= 4 is 28.9 Å². The largest absolute Gasteiger partial charge is 0.248 e. The molecule has 0 nitrogen and oxygen atoms in total. The summed E-state index contributed by atoms with van der Waals surface area (Å²) in [6.45, 7) is 2.26. The van der Waals surface area contributed by atoms with Crippen LogP contribution in [0.1, 0.15) is 24.5 Å². The molecule has 104 valence electrons. The van der Waals surface area contributed by atoms with Crippen LogP contribution in [0.4, 0.5) is 0 Å². The van der Waals surface area contributed by atoms with E-state index in [4.69, 9.17) is 22.2 Å². The molecule has 0 heterocycles.